The lowest BCUT2D eigenvalue weighted by atomic mass is 10.5. The van der Waals surface area contributed by atoms with Crippen molar-refractivity contribution in [2.75, 3.05) is 26.8 Å². The van der Waals surface area contributed by atoms with Crippen LogP contribution in [0.5, 0.6) is 0 Å². The average Bonchev–Trinajstić information content (AvgIpc) is 2.80. The molecule has 0 bridgehead atoms. The minimum absolute atomic E-state index is 0.394. The Kier molecular flexibility index (Phi) is 4.13. The lowest BCUT2D eigenvalue weighted by Gasteiger charge is -2.06. The Morgan fingerprint density at radius 2 is 2.21 bits per heavy atom. The number of nitrogens with one attached hydrogen (secondary N) is 2. The molecule has 0 amide bonds. The number of H-pyrrole nitrogens is 1. The molecule has 0 spiro atoms. The third-order valence-electron chi connectivity index (χ3n) is 2.89. The molecule has 2 aromatic rings. The Bertz CT molecular complexity index is 669. The number of aryl methyl sites for hydroxylation is 1. The molecular formula is C11H17N5O3. The van der Waals surface area contributed by atoms with Crippen LogP contribution in [0.4, 0.5) is 0 Å². The minimum atomic E-state index is -0.457. The van der Waals surface area contributed by atoms with Crippen molar-refractivity contribution in [2.24, 2.45) is 7.05 Å². The first-order chi connectivity index (χ1) is 9.15. The average molecular weight is 267 g/mol. The second kappa shape index (κ2) is 5.81. The molecule has 0 radical (unpaired) electrons. The number of rotatable bonds is 6. The molecule has 0 aliphatic carbocycles. The van der Waals surface area contributed by atoms with Gasteiger partial charge in [-0.15, -0.1) is 0 Å². The van der Waals surface area contributed by atoms with Gasteiger partial charge in [-0.05, 0) is 0 Å². The normalized spacial score (nSPS) is 11.3. The van der Waals surface area contributed by atoms with Gasteiger partial charge in [-0.3, -0.25) is 14.3 Å². The van der Waals surface area contributed by atoms with E-state index in [0.29, 0.717) is 30.9 Å². The first kappa shape index (κ1) is 13.5. The molecule has 0 atom stereocenters. The van der Waals surface area contributed by atoms with Crippen molar-refractivity contribution in [3.8, 4) is 0 Å². The molecule has 2 heterocycles. The Morgan fingerprint density at radius 1 is 1.42 bits per heavy atom. The summed E-state index contributed by atoms with van der Waals surface area (Å²) in [5.41, 5.74) is -0.0604. The molecular weight excluding hydrogens is 250 g/mol. The highest BCUT2D eigenvalue weighted by Crippen LogP contribution is 2.03. The molecule has 104 valence electrons. The fourth-order valence-electron chi connectivity index (χ4n) is 1.85. The van der Waals surface area contributed by atoms with E-state index in [1.54, 1.807) is 25.1 Å². The molecule has 0 aliphatic rings. The van der Waals surface area contributed by atoms with Crippen molar-refractivity contribution in [3.05, 3.63) is 27.2 Å². The van der Waals surface area contributed by atoms with Crippen molar-refractivity contribution >= 4 is 11.2 Å². The number of fused-ring (bicyclic) bond motifs is 1. The number of hydrogen-bond donors (Lipinski definition) is 2. The van der Waals surface area contributed by atoms with Crippen LogP contribution in [-0.2, 0) is 18.3 Å². The van der Waals surface area contributed by atoms with Gasteiger partial charge in [0.15, 0.2) is 11.2 Å². The molecule has 0 aliphatic heterocycles. The van der Waals surface area contributed by atoms with Gasteiger partial charge < -0.3 is 14.6 Å². The standard InChI is InChI=1S/C11H17N5O3/c1-15-9-8(10(17)14-11(15)18)16(7-13-9)5-3-12-4-6-19-2/h7,12H,3-6H2,1-2H3,(H,14,17,18). The van der Waals surface area contributed by atoms with Gasteiger partial charge >= 0.3 is 5.69 Å². The zero-order valence-corrected chi connectivity index (χ0v) is 11.0. The van der Waals surface area contributed by atoms with Crippen molar-refractivity contribution < 1.29 is 4.74 Å². The quantitative estimate of drug-likeness (QED) is 0.632. The minimum Gasteiger partial charge on any atom is -0.383 e. The summed E-state index contributed by atoms with van der Waals surface area (Å²) in [6.07, 6.45) is 1.57. The van der Waals surface area contributed by atoms with Crippen molar-refractivity contribution in [3.63, 3.8) is 0 Å². The second-order valence-electron chi connectivity index (χ2n) is 4.17. The molecule has 2 aromatic heterocycles. The van der Waals surface area contributed by atoms with Crippen LogP contribution in [0.25, 0.3) is 11.2 Å². The van der Waals surface area contributed by atoms with E-state index in [0.717, 1.165) is 6.54 Å². The predicted octanol–water partition coefficient (Wildman–Crippen LogP) is -1.34. The van der Waals surface area contributed by atoms with E-state index in [9.17, 15) is 9.59 Å². The van der Waals surface area contributed by atoms with Crippen LogP contribution in [0.2, 0.25) is 0 Å². The van der Waals surface area contributed by atoms with Crippen LogP contribution < -0.4 is 16.6 Å². The van der Waals surface area contributed by atoms with Gasteiger partial charge in [0, 0.05) is 33.8 Å². The van der Waals surface area contributed by atoms with Gasteiger partial charge in [-0.25, -0.2) is 9.78 Å². The first-order valence-corrected chi connectivity index (χ1v) is 5.99. The van der Waals surface area contributed by atoms with E-state index in [4.69, 9.17) is 4.74 Å². The maximum Gasteiger partial charge on any atom is 0.329 e. The number of methoxy groups -OCH3 is 1. The fourth-order valence-corrected chi connectivity index (χ4v) is 1.85. The first-order valence-electron chi connectivity index (χ1n) is 5.99. The largest absolute Gasteiger partial charge is 0.383 e. The van der Waals surface area contributed by atoms with Gasteiger partial charge in [0.2, 0.25) is 0 Å². The summed E-state index contributed by atoms with van der Waals surface area (Å²) in [5, 5.41) is 3.18. The van der Waals surface area contributed by atoms with Crippen LogP contribution in [-0.4, -0.2) is 45.9 Å². The summed E-state index contributed by atoms with van der Waals surface area (Å²) in [6, 6.07) is 0. The molecule has 0 unspecified atom stereocenters. The molecule has 19 heavy (non-hydrogen) atoms. The molecule has 0 saturated carbocycles. The van der Waals surface area contributed by atoms with Gasteiger partial charge in [0.05, 0.1) is 12.9 Å². The highest BCUT2D eigenvalue weighted by Gasteiger charge is 2.10. The zero-order valence-electron chi connectivity index (χ0n) is 11.0. The maximum atomic E-state index is 11.8. The van der Waals surface area contributed by atoms with E-state index in [1.165, 1.54) is 4.57 Å². The summed E-state index contributed by atoms with van der Waals surface area (Å²) in [5.74, 6) is 0. The van der Waals surface area contributed by atoms with Gasteiger partial charge in [0.25, 0.3) is 5.56 Å². The van der Waals surface area contributed by atoms with E-state index in [2.05, 4.69) is 15.3 Å². The van der Waals surface area contributed by atoms with Crippen molar-refractivity contribution in [1.82, 2.24) is 24.4 Å². The molecule has 0 aromatic carbocycles. The van der Waals surface area contributed by atoms with Gasteiger partial charge in [-0.1, -0.05) is 0 Å². The van der Waals surface area contributed by atoms with Crippen LogP contribution in [0.1, 0.15) is 0 Å². The number of imidazole rings is 1. The number of nitrogens with zero attached hydrogens (tertiary/aromatic N) is 3. The van der Waals surface area contributed by atoms with Gasteiger partial charge in [-0.2, -0.15) is 0 Å². The highest BCUT2D eigenvalue weighted by atomic mass is 16.5. The van der Waals surface area contributed by atoms with Gasteiger partial charge in [0.1, 0.15) is 0 Å². The molecule has 0 fully saturated rings. The summed E-state index contributed by atoms with van der Waals surface area (Å²) in [4.78, 5) is 29.6. The zero-order chi connectivity index (χ0) is 13.8. The molecule has 8 nitrogen and oxygen atoms in total. The Hall–Kier alpha value is -1.93. The third-order valence-corrected chi connectivity index (χ3v) is 2.89. The lowest BCUT2D eigenvalue weighted by Crippen LogP contribution is -2.30. The second-order valence-corrected chi connectivity index (χ2v) is 4.17. The Balaban J connectivity index is 2.19. The van der Waals surface area contributed by atoms with E-state index in [1.807, 2.05) is 0 Å². The Labute approximate surface area is 109 Å². The molecule has 0 saturated heterocycles. The molecule has 8 heteroatoms. The predicted molar refractivity (Wildman–Crippen MR) is 70.3 cm³/mol. The third kappa shape index (κ3) is 2.74. The van der Waals surface area contributed by atoms with Crippen LogP contribution in [0, 0.1) is 0 Å². The van der Waals surface area contributed by atoms with E-state index in [-0.39, 0.29) is 0 Å². The summed E-state index contributed by atoms with van der Waals surface area (Å²) >= 11 is 0. The van der Waals surface area contributed by atoms with Crippen LogP contribution in [0.3, 0.4) is 0 Å². The van der Waals surface area contributed by atoms with Crippen molar-refractivity contribution in [1.29, 1.82) is 0 Å². The summed E-state index contributed by atoms with van der Waals surface area (Å²) < 4.78 is 7.98. The number of aromatic nitrogens is 4. The molecule has 2 rings (SSSR count). The monoisotopic (exact) mass is 267 g/mol. The van der Waals surface area contributed by atoms with Crippen LogP contribution >= 0.6 is 0 Å². The summed E-state index contributed by atoms with van der Waals surface area (Å²) in [6.45, 7) is 2.68. The SMILES string of the molecule is COCCNCCn1cnc2c1c(=O)[nH]c(=O)n2C. The smallest absolute Gasteiger partial charge is 0.329 e. The fraction of sp³-hybridized carbons (Fsp3) is 0.545. The van der Waals surface area contributed by atoms with Crippen LogP contribution in [0.15, 0.2) is 15.9 Å². The number of ether oxygens (including phenoxy) is 1. The highest BCUT2D eigenvalue weighted by molar-refractivity contribution is 5.69. The summed E-state index contributed by atoms with van der Waals surface area (Å²) in [7, 11) is 3.22. The molecule has 2 N–H and O–H groups in total. The number of aromatic amines is 1. The van der Waals surface area contributed by atoms with E-state index >= 15 is 0 Å². The topological polar surface area (TPSA) is 93.9 Å². The van der Waals surface area contributed by atoms with E-state index < -0.39 is 11.2 Å². The van der Waals surface area contributed by atoms with Crippen molar-refractivity contribution in [2.45, 2.75) is 6.54 Å². The lowest BCUT2D eigenvalue weighted by molar-refractivity contribution is 0.199. The number of hydrogen-bond acceptors (Lipinski definition) is 5. The Morgan fingerprint density at radius 3 is 2.95 bits per heavy atom. The maximum absolute atomic E-state index is 11.8.